The zero-order valence-corrected chi connectivity index (χ0v) is 10.6. The largest absolute Gasteiger partial charge is 0.467 e. The average molecular weight is 236 g/mol. The van der Waals surface area contributed by atoms with Crippen LogP contribution in [0.3, 0.4) is 0 Å². The van der Waals surface area contributed by atoms with Crippen molar-refractivity contribution < 1.29 is 9.53 Å². The normalized spacial score (nSPS) is 18.2. The zero-order valence-electron chi connectivity index (χ0n) is 10.6. The lowest BCUT2D eigenvalue weighted by molar-refractivity contribution is -0.145. The Morgan fingerprint density at radius 2 is 2.29 bits per heavy atom. The second kappa shape index (κ2) is 5.34. The van der Waals surface area contributed by atoms with Gasteiger partial charge in [0.25, 0.3) is 0 Å². The molecular weight excluding hydrogens is 216 g/mol. The van der Waals surface area contributed by atoms with Crippen molar-refractivity contribution in [3.05, 3.63) is 18.2 Å². The molecule has 17 heavy (non-hydrogen) atoms. The molecule has 1 atom stereocenters. The van der Waals surface area contributed by atoms with Crippen LogP contribution in [0.4, 0.5) is 0 Å². The molecule has 0 amide bonds. The third kappa shape index (κ3) is 2.87. The number of rotatable bonds is 4. The fourth-order valence-corrected chi connectivity index (χ4v) is 2.65. The van der Waals surface area contributed by atoms with Crippen molar-refractivity contribution in [2.45, 2.75) is 45.1 Å². The summed E-state index contributed by atoms with van der Waals surface area (Å²) in [6, 6.07) is -0.204. The standard InChI is InChI=1S/C13H20N2O2/c1-10-8-15(9-14-10)12(13(16)17-2)7-11-5-3-4-6-11/h8-9,11-12H,3-7H2,1-2H3/t12-/m0/s1. The summed E-state index contributed by atoms with van der Waals surface area (Å²) < 4.78 is 6.79. The third-order valence-corrected chi connectivity index (χ3v) is 3.60. The SMILES string of the molecule is COC(=O)[C@H](CC1CCCC1)n1cnc(C)c1. The fraction of sp³-hybridized carbons (Fsp3) is 0.692. The summed E-state index contributed by atoms with van der Waals surface area (Å²) in [6.07, 6.45) is 9.58. The number of aryl methyl sites for hydroxylation is 1. The van der Waals surface area contributed by atoms with Crippen LogP contribution in [0.5, 0.6) is 0 Å². The highest BCUT2D eigenvalue weighted by Crippen LogP contribution is 2.32. The Bertz CT molecular complexity index is 381. The Labute approximate surface area is 102 Å². The second-order valence-corrected chi connectivity index (χ2v) is 4.89. The monoisotopic (exact) mass is 236 g/mol. The molecule has 1 heterocycles. The Morgan fingerprint density at radius 3 is 2.82 bits per heavy atom. The van der Waals surface area contributed by atoms with Crippen molar-refractivity contribution in [2.24, 2.45) is 5.92 Å². The fourth-order valence-electron chi connectivity index (χ4n) is 2.65. The van der Waals surface area contributed by atoms with Crippen molar-refractivity contribution >= 4 is 5.97 Å². The van der Waals surface area contributed by atoms with Crippen LogP contribution >= 0.6 is 0 Å². The van der Waals surface area contributed by atoms with E-state index in [2.05, 4.69) is 4.98 Å². The summed E-state index contributed by atoms with van der Waals surface area (Å²) in [4.78, 5) is 16.0. The van der Waals surface area contributed by atoms with Gasteiger partial charge in [0, 0.05) is 6.20 Å². The van der Waals surface area contributed by atoms with Crippen LogP contribution in [0.25, 0.3) is 0 Å². The van der Waals surface area contributed by atoms with E-state index >= 15 is 0 Å². The molecule has 0 aliphatic heterocycles. The number of imidazole rings is 1. The zero-order chi connectivity index (χ0) is 12.3. The number of carbonyl (C=O) groups is 1. The molecule has 1 aliphatic rings. The number of esters is 1. The van der Waals surface area contributed by atoms with Crippen molar-refractivity contribution in [3.63, 3.8) is 0 Å². The van der Waals surface area contributed by atoms with E-state index < -0.39 is 0 Å². The van der Waals surface area contributed by atoms with E-state index in [1.165, 1.54) is 32.8 Å². The summed E-state index contributed by atoms with van der Waals surface area (Å²) in [7, 11) is 1.45. The predicted octanol–water partition coefficient (Wildman–Crippen LogP) is 2.49. The van der Waals surface area contributed by atoms with Crippen LogP contribution < -0.4 is 0 Å². The van der Waals surface area contributed by atoms with Crippen molar-refractivity contribution in [2.75, 3.05) is 7.11 Å². The molecule has 0 aromatic carbocycles. The molecule has 94 valence electrons. The first-order valence-electron chi connectivity index (χ1n) is 6.28. The third-order valence-electron chi connectivity index (χ3n) is 3.60. The number of hydrogen-bond acceptors (Lipinski definition) is 3. The smallest absolute Gasteiger partial charge is 0.328 e. The molecule has 1 aromatic heterocycles. The van der Waals surface area contributed by atoms with Gasteiger partial charge in [-0.2, -0.15) is 0 Å². The van der Waals surface area contributed by atoms with E-state index in [0.29, 0.717) is 5.92 Å². The Kier molecular flexibility index (Phi) is 3.82. The van der Waals surface area contributed by atoms with Gasteiger partial charge in [-0.1, -0.05) is 25.7 Å². The molecule has 1 aliphatic carbocycles. The summed E-state index contributed by atoms with van der Waals surface area (Å²) in [5.74, 6) is 0.496. The minimum absolute atomic E-state index is 0.158. The first-order chi connectivity index (χ1) is 8.20. The molecule has 0 saturated heterocycles. The van der Waals surface area contributed by atoms with Crippen LogP contribution in [-0.2, 0) is 9.53 Å². The second-order valence-electron chi connectivity index (χ2n) is 4.89. The molecule has 1 saturated carbocycles. The number of nitrogens with zero attached hydrogens (tertiary/aromatic N) is 2. The first-order valence-corrected chi connectivity index (χ1v) is 6.28. The maximum absolute atomic E-state index is 11.8. The lowest BCUT2D eigenvalue weighted by Gasteiger charge is -2.19. The van der Waals surface area contributed by atoms with Gasteiger partial charge in [0.2, 0.25) is 0 Å². The maximum atomic E-state index is 11.8. The summed E-state index contributed by atoms with van der Waals surface area (Å²) in [5, 5.41) is 0. The topological polar surface area (TPSA) is 44.1 Å². The summed E-state index contributed by atoms with van der Waals surface area (Å²) in [5.41, 5.74) is 0.935. The Morgan fingerprint density at radius 1 is 1.59 bits per heavy atom. The summed E-state index contributed by atoms with van der Waals surface area (Å²) in [6.45, 7) is 1.93. The molecule has 1 aromatic rings. The highest BCUT2D eigenvalue weighted by molar-refractivity contribution is 5.74. The molecular formula is C13H20N2O2. The van der Waals surface area contributed by atoms with Gasteiger partial charge < -0.3 is 9.30 Å². The highest BCUT2D eigenvalue weighted by Gasteiger charge is 2.27. The average Bonchev–Trinajstić information content (AvgIpc) is 2.96. The maximum Gasteiger partial charge on any atom is 0.328 e. The molecule has 0 unspecified atom stereocenters. The van der Waals surface area contributed by atoms with Crippen molar-refractivity contribution in [1.29, 1.82) is 0 Å². The number of aromatic nitrogens is 2. The minimum Gasteiger partial charge on any atom is -0.467 e. The molecule has 4 heteroatoms. The molecule has 0 N–H and O–H groups in total. The summed E-state index contributed by atoms with van der Waals surface area (Å²) >= 11 is 0. The first kappa shape index (κ1) is 12.1. The Balaban J connectivity index is 2.10. The van der Waals surface area contributed by atoms with Gasteiger partial charge >= 0.3 is 5.97 Å². The predicted molar refractivity (Wildman–Crippen MR) is 64.6 cm³/mol. The number of carbonyl (C=O) groups excluding carboxylic acids is 1. The molecule has 1 fully saturated rings. The van der Waals surface area contributed by atoms with Crippen LogP contribution in [-0.4, -0.2) is 22.6 Å². The molecule has 4 nitrogen and oxygen atoms in total. The van der Waals surface area contributed by atoms with E-state index in [9.17, 15) is 4.79 Å². The van der Waals surface area contributed by atoms with Gasteiger partial charge in [-0.25, -0.2) is 9.78 Å². The van der Waals surface area contributed by atoms with Crippen LogP contribution in [0.2, 0.25) is 0 Å². The van der Waals surface area contributed by atoms with E-state index in [1.54, 1.807) is 6.33 Å². The molecule has 0 radical (unpaired) electrons. The number of methoxy groups -OCH3 is 1. The quantitative estimate of drug-likeness (QED) is 0.754. The van der Waals surface area contributed by atoms with Gasteiger partial charge in [-0.05, 0) is 19.3 Å². The van der Waals surface area contributed by atoms with Gasteiger partial charge in [-0.15, -0.1) is 0 Å². The van der Waals surface area contributed by atoms with Gasteiger partial charge in [0.05, 0.1) is 19.1 Å². The van der Waals surface area contributed by atoms with Crippen LogP contribution in [0.1, 0.15) is 43.8 Å². The Hall–Kier alpha value is -1.32. The van der Waals surface area contributed by atoms with Crippen LogP contribution in [0.15, 0.2) is 12.5 Å². The lowest BCUT2D eigenvalue weighted by atomic mass is 9.98. The van der Waals surface area contributed by atoms with Crippen molar-refractivity contribution in [1.82, 2.24) is 9.55 Å². The number of ether oxygens (including phenoxy) is 1. The van der Waals surface area contributed by atoms with Gasteiger partial charge in [0.1, 0.15) is 6.04 Å². The lowest BCUT2D eigenvalue weighted by Crippen LogP contribution is -2.22. The number of hydrogen-bond donors (Lipinski definition) is 0. The van der Waals surface area contributed by atoms with E-state index in [-0.39, 0.29) is 12.0 Å². The van der Waals surface area contributed by atoms with Gasteiger partial charge in [0.15, 0.2) is 0 Å². The minimum atomic E-state index is -0.204. The molecule has 2 rings (SSSR count). The van der Waals surface area contributed by atoms with E-state index in [0.717, 1.165) is 12.1 Å². The molecule has 0 spiro atoms. The van der Waals surface area contributed by atoms with Crippen molar-refractivity contribution in [3.8, 4) is 0 Å². The van der Waals surface area contributed by atoms with E-state index in [1.807, 2.05) is 17.7 Å². The molecule has 0 bridgehead atoms. The van der Waals surface area contributed by atoms with E-state index in [4.69, 9.17) is 4.74 Å². The van der Waals surface area contributed by atoms with Gasteiger partial charge in [-0.3, -0.25) is 0 Å². The van der Waals surface area contributed by atoms with Crippen LogP contribution in [0, 0.1) is 12.8 Å². The highest BCUT2D eigenvalue weighted by atomic mass is 16.5.